The van der Waals surface area contributed by atoms with Crippen LogP contribution < -0.4 is 14.8 Å². The molecule has 0 fully saturated rings. The van der Waals surface area contributed by atoms with E-state index in [2.05, 4.69) is 11.4 Å². The van der Waals surface area contributed by atoms with Gasteiger partial charge in [-0.1, -0.05) is 0 Å². The molecular formula is C13H16N2O2. The number of nitrogens with zero attached hydrogens (tertiary/aromatic N) is 1. The number of nitrogens with one attached hydrogen (secondary N) is 1. The summed E-state index contributed by atoms with van der Waals surface area (Å²) < 4.78 is 10.6. The molecule has 1 aromatic rings. The zero-order chi connectivity index (χ0) is 12.3. The molecule has 1 aliphatic rings. The number of benzene rings is 1. The Labute approximate surface area is 101 Å². The molecule has 1 heterocycles. The molecule has 0 bridgehead atoms. The average Bonchev–Trinajstić information content (AvgIpc) is 2.38. The molecule has 4 heteroatoms. The lowest BCUT2D eigenvalue weighted by Crippen LogP contribution is -2.29. The molecule has 0 saturated heterocycles. The van der Waals surface area contributed by atoms with Crippen molar-refractivity contribution in [1.82, 2.24) is 5.32 Å². The number of ether oxygens (including phenoxy) is 2. The van der Waals surface area contributed by atoms with Crippen LogP contribution >= 0.6 is 0 Å². The van der Waals surface area contributed by atoms with Gasteiger partial charge in [0.2, 0.25) is 0 Å². The van der Waals surface area contributed by atoms with Gasteiger partial charge in [0.15, 0.2) is 11.5 Å². The van der Waals surface area contributed by atoms with Crippen LogP contribution in [0.4, 0.5) is 0 Å². The average molecular weight is 232 g/mol. The predicted molar refractivity (Wildman–Crippen MR) is 64.2 cm³/mol. The molecule has 1 aliphatic heterocycles. The van der Waals surface area contributed by atoms with Gasteiger partial charge in [0.05, 0.1) is 26.7 Å². The van der Waals surface area contributed by atoms with E-state index in [1.165, 1.54) is 5.56 Å². The van der Waals surface area contributed by atoms with Crippen LogP contribution in [0, 0.1) is 11.3 Å². The fraction of sp³-hybridized carbons (Fsp3) is 0.462. The summed E-state index contributed by atoms with van der Waals surface area (Å²) in [5, 5.41) is 12.2. The minimum atomic E-state index is 0.101. The van der Waals surface area contributed by atoms with Gasteiger partial charge in [-0.25, -0.2) is 0 Å². The first kappa shape index (κ1) is 11.7. The van der Waals surface area contributed by atoms with E-state index < -0.39 is 0 Å². The Hall–Kier alpha value is -1.73. The minimum absolute atomic E-state index is 0.101. The minimum Gasteiger partial charge on any atom is -0.493 e. The van der Waals surface area contributed by atoms with E-state index in [1.807, 2.05) is 12.1 Å². The van der Waals surface area contributed by atoms with E-state index in [4.69, 9.17) is 14.7 Å². The Morgan fingerprint density at radius 2 is 2.06 bits per heavy atom. The lowest BCUT2D eigenvalue weighted by Gasteiger charge is -2.26. The molecule has 0 aliphatic carbocycles. The van der Waals surface area contributed by atoms with Gasteiger partial charge >= 0.3 is 0 Å². The van der Waals surface area contributed by atoms with Crippen molar-refractivity contribution in [2.24, 2.45) is 0 Å². The first-order chi connectivity index (χ1) is 8.30. The van der Waals surface area contributed by atoms with Crippen LogP contribution in [0.2, 0.25) is 0 Å². The molecule has 0 radical (unpaired) electrons. The van der Waals surface area contributed by atoms with E-state index in [9.17, 15) is 0 Å². The molecule has 1 N–H and O–H groups in total. The SMILES string of the molecule is COc1cc2c(cc1OC)[C@H](CC#N)NCC2. The van der Waals surface area contributed by atoms with Crippen molar-refractivity contribution in [3.63, 3.8) is 0 Å². The van der Waals surface area contributed by atoms with Crippen molar-refractivity contribution >= 4 is 0 Å². The van der Waals surface area contributed by atoms with Crippen LogP contribution in [-0.2, 0) is 6.42 Å². The van der Waals surface area contributed by atoms with E-state index in [0.717, 1.165) is 30.0 Å². The van der Waals surface area contributed by atoms with Crippen molar-refractivity contribution in [3.05, 3.63) is 23.3 Å². The second-order valence-electron chi connectivity index (χ2n) is 4.02. The molecule has 1 aromatic carbocycles. The highest BCUT2D eigenvalue weighted by atomic mass is 16.5. The van der Waals surface area contributed by atoms with Gasteiger partial charge in [-0.15, -0.1) is 0 Å². The molecule has 17 heavy (non-hydrogen) atoms. The third-order valence-corrected chi connectivity index (χ3v) is 3.10. The summed E-state index contributed by atoms with van der Waals surface area (Å²) in [5.41, 5.74) is 2.39. The van der Waals surface area contributed by atoms with Crippen LogP contribution in [0.3, 0.4) is 0 Å². The standard InChI is InChI=1S/C13H16N2O2/c1-16-12-7-9-4-6-15-11(3-5-14)10(9)8-13(12)17-2/h7-8,11,15H,3-4,6H2,1-2H3/t11-/m0/s1. The molecule has 2 rings (SSSR count). The van der Waals surface area contributed by atoms with Crippen LogP contribution in [0.15, 0.2) is 12.1 Å². The van der Waals surface area contributed by atoms with Crippen molar-refractivity contribution in [2.75, 3.05) is 20.8 Å². The fourth-order valence-corrected chi connectivity index (χ4v) is 2.24. The largest absolute Gasteiger partial charge is 0.493 e. The number of nitriles is 1. The number of hydrogen-bond acceptors (Lipinski definition) is 4. The van der Waals surface area contributed by atoms with E-state index in [0.29, 0.717) is 6.42 Å². The Kier molecular flexibility index (Phi) is 3.50. The second kappa shape index (κ2) is 5.07. The van der Waals surface area contributed by atoms with Gasteiger partial charge in [-0.05, 0) is 36.2 Å². The zero-order valence-electron chi connectivity index (χ0n) is 10.1. The lowest BCUT2D eigenvalue weighted by molar-refractivity contribution is 0.352. The van der Waals surface area contributed by atoms with Gasteiger partial charge < -0.3 is 14.8 Å². The van der Waals surface area contributed by atoms with Crippen LogP contribution in [-0.4, -0.2) is 20.8 Å². The highest BCUT2D eigenvalue weighted by molar-refractivity contribution is 5.49. The van der Waals surface area contributed by atoms with Gasteiger partial charge in [0, 0.05) is 6.04 Å². The molecule has 90 valence electrons. The Bertz CT molecular complexity index is 451. The summed E-state index contributed by atoms with van der Waals surface area (Å²) in [7, 11) is 3.26. The summed E-state index contributed by atoms with van der Waals surface area (Å²) in [6, 6.07) is 6.30. The van der Waals surface area contributed by atoms with Crippen LogP contribution in [0.25, 0.3) is 0 Å². The summed E-state index contributed by atoms with van der Waals surface area (Å²) >= 11 is 0. The van der Waals surface area contributed by atoms with Crippen molar-refractivity contribution in [2.45, 2.75) is 18.9 Å². The smallest absolute Gasteiger partial charge is 0.161 e. The van der Waals surface area contributed by atoms with Crippen molar-refractivity contribution in [3.8, 4) is 17.6 Å². The Morgan fingerprint density at radius 3 is 2.71 bits per heavy atom. The number of rotatable bonds is 3. The number of hydrogen-bond donors (Lipinski definition) is 1. The first-order valence-electron chi connectivity index (χ1n) is 5.65. The maximum atomic E-state index is 8.83. The predicted octanol–water partition coefficient (Wildman–Crippen LogP) is 1.80. The Morgan fingerprint density at radius 1 is 1.35 bits per heavy atom. The van der Waals surface area contributed by atoms with Gasteiger partial charge in [0.1, 0.15) is 0 Å². The summed E-state index contributed by atoms with van der Waals surface area (Å²) in [6.45, 7) is 0.898. The highest BCUT2D eigenvalue weighted by Crippen LogP contribution is 2.35. The number of methoxy groups -OCH3 is 2. The third-order valence-electron chi connectivity index (χ3n) is 3.10. The van der Waals surface area contributed by atoms with E-state index >= 15 is 0 Å². The molecule has 0 unspecified atom stereocenters. The summed E-state index contributed by atoms with van der Waals surface area (Å²) in [6.07, 6.45) is 1.43. The molecule has 0 aromatic heterocycles. The topological polar surface area (TPSA) is 54.3 Å². The molecule has 0 spiro atoms. The molecule has 1 atom stereocenters. The van der Waals surface area contributed by atoms with Crippen molar-refractivity contribution < 1.29 is 9.47 Å². The van der Waals surface area contributed by atoms with E-state index in [-0.39, 0.29) is 6.04 Å². The number of fused-ring (bicyclic) bond motifs is 1. The van der Waals surface area contributed by atoms with Gasteiger partial charge in [-0.2, -0.15) is 5.26 Å². The summed E-state index contributed by atoms with van der Waals surface area (Å²) in [4.78, 5) is 0. The van der Waals surface area contributed by atoms with Crippen molar-refractivity contribution in [1.29, 1.82) is 5.26 Å². The van der Waals surface area contributed by atoms with Gasteiger partial charge in [-0.3, -0.25) is 0 Å². The second-order valence-corrected chi connectivity index (χ2v) is 4.02. The maximum absolute atomic E-state index is 8.83. The summed E-state index contributed by atoms with van der Waals surface area (Å²) in [5.74, 6) is 1.47. The lowest BCUT2D eigenvalue weighted by atomic mass is 9.92. The normalized spacial score (nSPS) is 18.1. The Balaban J connectivity index is 2.44. The zero-order valence-corrected chi connectivity index (χ0v) is 10.1. The molecule has 0 amide bonds. The molecular weight excluding hydrogens is 216 g/mol. The quantitative estimate of drug-likeness (QED) is 0.863. The first-order valence-corrected chi connectivity index (χ1v) is 5.65. The van der Waals surface area contributed by atoms with Gasteiger partial charge in [0.25, 0.3) is 0 Å². The van der Waals surface area contributed by atoms with Crippen LogP contribution in [0.5, 0.6) is 11.5 Å². The van der Waals surface area contributed by atoms with Crippen LogP contribution in [0.1, 0.15) is 23.6 Å². The highest BCUT2D eigenvalue weighted by Gasteiger charge is 2.22. The monoisotopic (exact) mass is 232 g/mol. The molecule has 4 nitrogen and oxygen atoms in total. The fourth-order valence-electron chi connectivity index (χ4n) is 2.24. The van der Waals surface area contributed by atoms with E-state index in [1.54, 1.807) is 14.2 Å². The maximum Gasteiger partial charge on any atom is 0.161 e. The third kappa shape index (κ3) is 2.20. The molecule has 0 saturated carbocycles.